The van der Waals surface area contributed by atoms with E-state index in [4.69, 9.17) is 10.5 Å². The maximum Gasteiger partial charge on any atom is 0.206 e. The minimum atomic E-state index is -2.54. The number of ketones is 2. The Balaban J connectivity index is 2.26. The highest BCUT2D eigenvalue weighted by Crippen LogP contribution is 2.48. The number of nitrogens with zero attached hydrogens (tertiary/aromatic N) is 4. The quantitative estimate of drug-likeness (QED) is 0.554. The van der Waals surface area contributed by atoms with Gasteiger partial charge < -0.3 is 20.7 Å². The molecule has 0 saturated carbocycles. The van der Waals surface area contributed by atoms with Crippen molar-refractivity contribution < 1.29 is 24.5 Å². The third-order valence-electron chi connectivity index (χ3n) is 4.55. The average Bonchev–Trinajstić information content (AvgIpc) is 3.08. The van der Waals surface area contributed by atoms with Gasteiger partial charge in [-0.3, -0.25) is 14.2 Å². The van der Waals surface area contributed by atoms with Crippen molar-refractivity contribution in [2.75, 3.05) is 11.1 Å². The van der Waals surface area contributed by atoms with Gasteiger partial charge in [0, 0.05) is 5.33 Å². The molecule has 0 aromatic carbocycles. The fourth-order valence-corrected chi connectivity index (χ4v) is 3.80. The van der Waals surface area contributed by atoms with Crippen molar-refractivity contribution in [2.45, 2.75) is 37.4 Å². The van der Waals surface area contributed by atoms with E-state index in [9.17, 15) is 19.8 Å². The van der Waals surface area contributed by atoms with Gasteiger partial charge in [0.05, 0.1) is 6.33 Å². The first kappa shape index (κ1) is 17.9. The van der Waals surface area contributed by atoms with Crippen LogP contribution in [0.15, 0.2) is 12.7 Å². The van der Waals surface area contributed by atoms with Crippen molar-refractivity contribution in [3.8, 4) is 0 Å². The summed E-state index contributed by atoms with van der Waals surface area (Å²) >= 11 is 3.14. The van der Waals surface area contributed by atoms with Crippen LogP contribution in [0.2, 0.25) is 0 Å². The summed E-state index contributed by atoms with van der Waals surface area (Å²) in [4.78, 5) is 36.4. The molecule has 2 aromatic heterocycles. The van der Waals surface area contributed by atoms with Gasteiger partial charge in [-0.15, -0.1) is 0 Å². The number of anilines is 1. The number of nitrogen functional groups attached to an aromatic ring is 1. The van der Waals surface area contributed by atoms with Crippen molar-refractivity contribution in [1.82, 2.24) is 19.5 Å². The summed E-state index contributed by atoms with van der Waals surface area (Å²) in [5.74, 6) is -1.52. The minimum Gasteiger partial charge on any atom is -0.382 e. The fourth-order valence-electron chi connectivity index (χ4n) is 3.18. The Morgan fingerprint density at radius 2 is 1.92 bits per heavy atom. The second-order valence-corrected chi connectivity index (χ2v) is 6.51. The molecule has 0 amide bonds. The average molecular weight is 414 g/mol. The van der Waals surface area contributed by atoms with Gasteiger partial charge in [0.1, 0.15) is 17.9 Å². The lowest BCUT2D eigenvalue weighted by molar-refractivity contribution is -0.180. The number of imidazole rings is 1. The van der Waals surface area contributed by atoms with Gasteiger partial charge in [0.2, 0.25) is 5.60 Å². The predicted octanol–water partition coefficient (Wildman–Crippen LogP) is -0.659. The third kappa shape index (κ3) is 2.16. The van der Waals surface area contributed by atoms with E-state index in [1.54, 1.807) is 0 Å². The van der Waals surface area contributed by atoms with Crippen LogP contribution < -0.4 is 5.73 Å². The van der Waals surface area contributed by atoms with Crippen LogP contribution >= 0.6 is 15.9 Å². The second-order valence-electron chi connectivity index (χ2n) is 5.86. The zero-order valence-electron chi connectivity index (χ0n) is 13.4. The summed E-state index contributed by atoms with van der Waals surface area (Å²) in [6.07, 6.45) is -0.149. The molecule has 0 aliphatic carbocycles. The first-order valence-electron chi connectivity index (χ1n) is 7.30. The molecule has 4 atom stereocenters. The summed E-state index contributed by atoms with van der Waals surface area (Å²) in [5, 5.41) is 22.1. The molecule has 2 aromatic rings. The molecule has 1 saturated heterocycles. The molecule has 1 aliphatic rings. The van der Waals surface area contributed by atoms with E-state index in [0.717, 1.165) is 13.8 Å². The molecule has 3 heterocycles. The molecule has 0 spiro atoms. The lowest BCUT2D eigenvalue weighted by Crippen LogP contribution is -2.65. The molecular formula is C14H16BrN5O5. The summed E-state index contributed by atoms with van der Waals surface area (Å²) < 4.78 is 6.95. The highest BCUT2D eigenvalue weighted by molar-refractivity contribution is 9.09. The smallest absolute Gasteiger partial charge is 0.206 e. The van der Waals surface area contributed by atoms with E-state index in [2.05, 4.69) is 30.9 Å². The third-order valence-corrected chi connectivity index (χ3v) is 5.14. The summed E-state index contributed by atoms with van der Waals surface area (Å²) in [5.41, 5.74) is 1.20. The molecule has 4 N–H and O–H groups in total. The van der Waals surface area contributed by atoms with E-state index >= 15 is 0 Å². The van der Waals surface area contributed by atoms with E-state index in [0.29, 0.717) is 0 Å². The van der Waals surface area contributed by atoms with Crippen LogP contribution in [0.25, 0.3) is 11.2 Å². The van der Waals surface area contributed by atoms with Gasteiger partial charge in [-0.2, -0.15) is 0 Å². The van der Waals surface area contributed by atoms with E-state index < -0.39 is 35.1 Å². The standard InChI is InChI=1S/C14H16BrN5O5/c1-6(21)13(23)8(3-15)25-12(14(13,24)7(2)22)20-5-19-9-10(16)17-4-18-11(9)20/h4-5,8,12,23-24H,3H2,1-2H3,(H2,16,17,18)/t8-,12-,13-,14+/m1/s1. The molecule has 0 unspecified atom stereocenters. The topological polar surface area (TPSA) is 153 Å². The minimum absolute atomic E-state index is 0.0128. The van der Waals surface area contributed by atoms with Gasteiger partial charge in [0.25, 0.3) is 0 Å². The summed E-state index contributed by atoms with van der Waals surface area (Å²) in [6, 6.07) is 0. The number of hydrogen-bond acceptors (Lipinski definition) is 9. The number of rotatable bonds is 4. The summed E-state index contributed by atoms with van der Waals surface area (Å²) in [6.45, 7) is 2.16. The lowest BCUT2D eigenvalue weighted by atomic mass is 9.75. The Kier molecular flexibility index (Phi) is 4.14. The first-order chi connectivity index (χ1) is 11.7. The molecule has 1 aliphatic heterocycles. The number of nitrogens with two attached hydrogens (primary N) is 1. The largest absolute Gasteiger partial charge is 0.382 e. The van der Waals surface area contributed by atoms with Crippen molar-refractivity contribution >= 4 is 44.5 Å². The Labute approximate surface area is 150 Å². The van der Waals surface area contributed by atoms with E-state index in [1.165, 1.54) is 17.2 Å². The lowest BCUT2D eigenvalue weighted by Gasteiger charge is -2.36. The van der Waals surface area contributed by atoms with Crippen LogP contribution in [0.5, 0.6) is 0 Å². The van der Waals surface area contributed by atoms with Crippen LogP contribution in [-0.4, -0.2) is 63.9 Å². The Hall–Kier alpha value is -1.95. The number of halogens is 1. The van der Waals surface area contributed by atoms with Crippen LogP contribution in [-0.2, 0) is 14.3 Å². The fraction of sp³-hybridized carbons (Fsp3) is 0.500. The molecule has 10 nitrogen and oxygen atoms in total. The molecule has 25 heavy (non-hydrogen) atoms. The van der Waals surface area contributed by atoms with Crippen molar-refractivity contribution in [3.63, 3.8) is 0 Å². The number of Topliss-reactive ketones (excluding diaryl/α,β-unsaturated/α-hetero) is 2. The Bertz CT molecular complexity index is 872. The Morgan fingerprint density at radius 1 is 1.28 bits per heavy atom. The maximum absolute atomic E-state index is 12.3. The second kappa shape index (κ2) is 5.80. The van der Waals surface area contributed by atoms with Crippen LogP contribution in [0.3, 0.4) is 0 Å². The summed E-state index contributed by atoms with van der Waals surface area (Å²) in [7, 11) is 0. The number of hydrogen-bond donors (Lipinski definition) is 3. The SMILES string of the molecule is CC(=O)[C@@]1(O)[C@@H](CBr)O[C@@H](n2cnc3c(N)ncnc32)[C@@]1(O)C(C)=O. The Morgan fingerprint density at radius 3 is 2.48 bits per heavy atom. The molecule has 1 fully saturated rings. The molecule has 3 rings (SSSR count). The molecular weight excluding hydrogens is 398 g/mol. The molecule has 11 heteroatoms. The zero-order chi connectivity index (χ0) is 18.6. The number of aromatic nitrogens is 4. The number of carbonyl (C=O) groups is 2. The van der Waals surface area contributed by atoms with Gasteiger partial charge in [-0.05, 0) is 13.8 Å². The van der Waals surface area contributed by atoms with Crippen molar-refractivity contribution in [2.24, 2.45) is 0 Å². The van der Waals surface area contributed by atoms with Gasteiger partial charge in [-0.25, -0.2) is 15.0 Å². The maximum atomic E-state index is 12.3. The number of aliphatic hydroxyl groups is 2. The number of carbonyl (C=O) groups excluding carboxylic acids is 2. The van der Waals surface area contributed by atoms with E-state index in [-0.39, 0.29) is 22.3 Å². The number of ether oxygens (including phenoxy) is 1. The first-order valence-corrected chi connectivity index (χ1v) is 8.43. The molecule has 0 radical (unpaired) electrons. The zero-order valence-corrected chi connectivity index (χ0v) is 15.0. The van der Waals surface area contributed by atoms with Gasteiger partial charge in [0.15, 0.2) is 34.9 Å². The molecule has 134 valence electrons. The van der Waals surface area contributed by atoms with Crippen molar-refractivity contribution in [1.29, 1.82) is 0 Å². The predicted molar refractivity (Wildman–Crippen MR) is 88.7 cm³/mol. The van der Waals surface area contributed by atoms with Gasteiger partial charge >= 0.3 is 0 Å². The van der Waals surface area contributed by atoms with Crippen LogP contribution in [0, 0.1) is 0 Å². The van der Waals surface area contributed by atoms with E-state index in [1.807, 2.05) is 0 Å². The number of fused-ring (bicyclic) bond motifs is 1. The molecule has 0 bridgehead atoms. The highest BCUT2D eigenvalue weighted by atomic mass is 79.9. The number of alkyl halides is 1. The van der Waals surface area contributed by atoms with Gasteiger partial charge in [-0.1, -0.05) is 15.9 Å². The highest BCUT2D eigenvalue weighted by Gasteiger charge is 2.71. The van der Waals surface area contributed by atoms with Crippen molar-refractivity contribution in [3.05, 3.63) is 12.7 Å². The van der Waals surface area contributed by atoms with Crippen LogP contribution in [0.4, 0.5) is 5.82 Å². The van der Waals surface area contributed by atoms with Crippen LogP contribution in [0.1, 0.15) is 20.1 Å². The normalized spacial score (nSPS) is 32.2. The monoisotopic (exact) mass is 413 g/mol.